The number of rotatable bonds is 6. The minimum atomic E-state index is -0.926. The second-order valence-corrected chi connectivity index (χ2v) is 7.13. The van der Waals surface area contributed by atoms with Crippen molar-refractivity contribution in [3.8, 4) is 11.5 Å². The molecule has 1 fully saturated rings. The minimum Gasteiger partial charge on any atom is -0.507 e. The number of halogens is 1. The van der Waals surface area contributed by atoms with E-state index in [4.69, 9.17) is 13.9 Å². The number of amides is 1. The smallest absolute Gasteiger partial charge is 0.296 e. The van der Waals surface area contributed by atoms with Crippen LogP contribution in [-0.4, -0.2) is 35.9 Å². The molecule has 1 aromatic heterocycles. The second-order valence-electron chi connectivity index (χ2n) is 7.13. The summed E-state index contributed by atoms with van der Waals surface area (Å²) in [5.74, 6) is -1.18. The van der Waals surface area contributed by atoms with Gasteiger partial charge in [0.1, 0.15) is 17.3 Å². The topological polar surface area (TPSA) is 89.2 Å². The number of benzene rings is 2. The molecular weight excluding hydrogens is 417 g/mol. The number of ether oxygens (including phenoxy) is 2. The Kier molecular flexibility index (Phi) is 5.68. The van der Waals surface area contributed by atoms with E-state index >= 15 is 0 Å². The summed E-state index contributed by atoms with van der Waals surface area (Å²) in [5.41, 5.74) is 0.630. The largest absolute Gasteiger partial charge is 0.507 e. The zero-order chi connectivity index (χ0) is 22.8. The molecule has 7 nitrogen and oxygen atoms in total. The first-order valence-corrected chi connectivity index (χ1v) is 9.73. The molecule has 32 heavy (non-hydrogen) atoms. The van der Waals surface area contributed by atoms with Crippen LogP contribution in [-0.2, 0) is 16.1 Å². The van der Waals surface area contributed by atoms with Gasteiger partial charge in [0.15, 0.2) is 11.5 Å². The van der Waals surface area contributed by atoms with Gasteiger partial charge in [-0.05, 0) is 54.1 Å². The number of methoxy groups -OCH3 is 2. The summed E-state index contributed by atoms with van der Waals surface area (Å²) in [5, 5.41) is 11.0. The molecule has 2 aromatic carbocycles. The molecule has 4 rings (SSSR count). The maximum atomic E-state index is 13.4. The molecule has 2 heterocycles. The number of carbonyl (C=O) groups is 2. The Labute approximate surface area is 183 Å². The molecule has 1 aliphatic rings. The minimum absolute atomic E-state index is 0.0107. The van der Waals surface area contributed by atoms with Gasteiger partial charge in [0, 0.05) is 5.56 Å². The summed E-state index contributed by atoms with van der Waals surface area (Å²) in [7, 11) is 2.97. The van der Waals surface area contributed by atoms with Crippen LogP contribution < -0.4 is 9.47 Å². The summed E-state index contributed by atoms with van der Waals surface area (Å²) >= 11 is 0. The SMILES string of the molecule is COc1ccc(C2/C(=C(\O)c3ccc(F)cc3)C(=O)C(=O)N2Cc2ccco2)cc1OC. The fourth-order valence-corrected chi connectivity index (χ4v) is 3.75. The van der Waals surface area contributed by atoms with Crippen molar-refractivity contribution < 1.29 is 33.0 Å². The maximum absolute atomic E-state index is 13.4. The molecule has 1 amide bonds. The summed E-state index contributed by atoms with van der Waals surface area (Å²) in [6.45, 7) is 0.0107. The van der Waals surface area contributed by atoms with E-state index in [1.54, 1.807) is 30.3 Å². The van der Waals surface area contributed by atoms with Crippen molar-refractivity contribution in [2.45, 2.75) is 12.6 Å². The van der Waals surface area contributed by atoms with Crippen LogP contribution in [0.15, 0.2) is 70.9 Å². The van der Waals surface area contributed by atoms with Crippen LogP contribution >= 0.6 is 0 Å². The van der Waals surface area contributed by atoms with Crippen molar-refractivity contribution in [3.63, 3.8) is 0 Å². The Morgan fingerprint density at radius 3 is 2.41 bits per heavy atom. The van der Waals surface area contributed by atoms with Crippen LogP contribution in [0.1, 0.15) is 22.9 Å². The number of nitrogens with zero attached hydrogens (tertiary/aromatic N) is 1. The molecule has 1 atom stereocenters. The Bertz CT molecular complexity index is 1180. The van der Waals surface area contributed by atoms with Gasteiger partial charge in [-0.2, -0.15) is 0 Å². The summed E-state index contributed by atoms with van der Waals surface area (Å²) in [6, 6.07) is 12.4. The third-order valence-corrected chi connectivity index (χ3v) is 5.29. The van der Waals surface area contributed by atoms with Crippen molar-refractivity contribution in [1.29, 1.82) is 0 Å². The molecule has 1 N–H and O–H groups in total. The Balaban J connectivity index is 1.89. The van der Waals surface area contributed by atoms with Crippen LogP contribution in [0.2, 0.25) is 0 Å². The van der Waals surface area contributed by atoms with Crippen LogP contribution in [0.25, 0.3) is 5.76 Å². The van der Waals surface area contributed by atoms with Gasteiger partial charge in [0.05, 0.1) is 38.6 Å². The van der Waals surface area contributed by atoms with E-state index in [2.05, 4.69) is 0 Å². The predicted molar refractivity (Wildman–Crippen MR) is 113 cm³/mol. The normalized spacial score (nSPS) is 17.6. The van der Waals surface area contributed by atoms with E-state index in [1.165, 1.54) is 49.6 Å². The van der Waals surface area contributed by atoms with E-state index in [1.807, 2.05) is 0 Å². The van der Waals surface area contributed by atoms with E-state index < -0.39 is 29.3 Å². The van der Waals surface area contributed by atoms with Crippen molar-refractivity contribution in [1.82, 2.24) is 4.90 Å². The van der Waals surface area contributed by atoms with Crippen molar-refractivity contribution in [3.05, 3.63) is 89.1 Å². The molecule has 1 unspecified atom stereocenters. The quantitative estimate of drug-likeness (QED) is 0.355. The Morgan fingerprint density at radius 1 is 1.06 bits per heavy atom. The van der Waals surface area contributed by atoms with E-state index in [-0.39, 0.29) is 17.7 Å². The zero-order valence-electron chi connectivity index (χ0n) is 17.4. The Morgan fingerprint density at radius 2 is 1.78 bits per heavy atom. The molecule has 164 valence electrons. The van der Waals surface area contributed by atoms with Gasteiger partial charge in [-0.1, -0.05) is 6.07 Å². The van der Waals surface area contributed by atoms with Gasteiger partial charge in [-0.3, -0.25) is 9.59 Å². The first-order chi connectivity index (χ1) is 15.4. The number of ketones is 1. The fraction of sp³-hybridized carbons (Fsp3) is 0.167. The highest BCUT2D eigenvalue weighted by atomic mass is 19.1. The Hall–Kier alpha value is -4.07. The van der Waals surface area contributed by atoms with Gasteiger partial charge in [0.2, 0.25) is 0 Å². The number of furan rings is 1. The highest BCUT2D eigenvalue weighted by Crippen LogP contribution is 2.42. The predicted octanol–water partition coefficient (Wildman–Crippen LogP) is 4.06. The van der Waals surface area contributed by atoms with Crippen molar-refractivity contribution >= 4 is 17.4 Å². The number of aliphatic hydroxyl groups is 1. The fourth-order valence-electron chi connectivity index (χ4n) is 3.75. The molecular formula is C24H20FNO6. The van der Waals surface area contributed by atoms with Crippen LogP contribution in [0.3, 0.4) is 0 Å². The third kappa shape index (κ3) is 3.71. The van der Waals surface area contributed by atoms with E-state index in [0.717, 1.165) is 0 Å². The lowest BCUT2D eigenvalue weighted by molar-refractivity contribution is -0.140. The van der Waals surface area contributed by atoms with Crippen molar-refractivity contribution in [2.24, 2.45) is 0 Å². The molecule has 0 radical (unpaired) electrons. The molecule has 0 bridgehead atoms. The standard InChI is InChI=1S/C24H20FNO6/c1-30-18-10-7-15(12-19(18)31-2)21-20(22(27)14-5-8-16(25)9-6-14)23(28)24(29)26(21)13-17-4-3-11-32-17/h3-12,21,27H,13H2,1-2H3/b22-20+. The van der Waals surface area contributed by atoms with Gasteiger partial charge in [-0.25, -0.2) is 4.39 Å². The second kappa shape index (κ2) is 8.58. The van der Waals surface area contributed by atoms with Crippen molar-refractivity contribution in [2.75, 3.05) is 14.2 Å². The highest BCUT2D eigenvalue weighted by molar-refractivity contribution is 6.46. The highest BCUT2D eigenvalue weighted by Gasteiger charge is 2.46. The van der Waals surface area contributed by atoms with E-state index in [9.17, 15) is 19.1 Å². The average Bonchev–Trinajstić information content (AvgIpc) is 3.41. The number of hydrogen-bond donors (Lipinski definition) is 1. The van der Waals surface area contributed by atoms with Crippen LogP contribution in [0.5, 0.6) is 11.5 Å². The third-order valence-electron chi connectivity index (χ3n) is 5.29. The number of carbonyl (C=O) groups excluding carboxylic acids is 2. The molecule has 1 aliphatic heterocycles. The monoisotopic (exact) mass is 437 g/mol. The first-order valence-electron chi connectivity index (χ1n) is 9.73. The van der Waals surface area contributed by atoms with Crippen LogP contribution in [0.4, 0.5) is 4.39 Å². The summed E-state index contributed by atoms with van der Waals surface area (Å²) in [4.78, 5) is 27.3. The molecule has 3 aromatic rings. The zero-order valence-corrected chi connectivity index (χ0v) is 17.4. The summed E-state index contributed by atoms with van der Waals surface area (Å²) < 4.78 is 29.4. The summed E-state index contributed by atoms with van der Waals surface area (Å²) in [6.07, 6.45) is 1.47. The average molecular weight is 437 g/mol. The molecule has 1 saturated heterocycles. The molecule has 0 aliphatic carbocycles. The maximum Gasteiger partial charge on any atom is 0.296 e. The first kappa shape index (κ1) is 21.2. The van der Waals surface area contributed by atoms with E-state index in [0.29, 0.717) is 22.8 Å². The molecule has 0 spiro atoms. The number of likely N-dealkylation sites (tertiary alicyclic amines) is 1. The molecule has 8 heteroatoms. The number of hydrogen-bond acceptors (Lipinski definition) is 6. The van der Waals surface area contributed by atoms with Gasteiger partial charge in [0.25, 0.3) is 11.7 Å². The lowest BCUT2D eigenvalue weighted by Gasteiger charge is -2.25. The lowest BCUT2D eigenvalue weighted by atomic mass is 9.95. The number of aliphatic hydroxyl groups excluding tert-OH is 1. The lowest BCUT2D eigenvalue weighted by Crippen LogP contribution is -2.29. The number of Topliss-reactive ketones (excluding diaryl/α,β-unsaturated/α-hetero) is 1. The van der Waals surface area contributed by atoms with Gasteiger partial charge in [-0.15, -0.1) is 0 Å². The molecule has 0 saturated carbocycles. The van der Waals surface area contributed by atoms with Gasteiger partial charge >= 0.3 is 0 Å². The van der Waals surface area contributed by atoms with Crippen LogP contribution in [0, 0.1) is 5.82 Å². The van der Waals surface area contributed by atoms with Gasteiger partial charge < -0.3 is 23.9 Å².